The van der Waals surface area contributed by atoms with E-state index in [4.69, 9.17) is 14.9 Å². The molecule has 2 aromatic heterocycles. The average Bonchev–Trinajstić information content (AvgIpc) is 2.57. The van der Waals surface area contributed by atoms with Gasteiger partial charge in [0.15, 0.2) is 5.82 Å². The molecule has 0 saturated heterocycles. The molecule has 1 aromatic carbocycles. The Bertz CT molecular complexity index is 1050. The Morgan fingerprint density at radius 3 is 2.59 bits per heavy atom. The summed E-state index contributed by atoms with van der Waals surface area (Å²) in [4.78, 5) is 25.1. The minimum Gasteiger partial charge on any atom is -0.485 e. The van der Waals surface area contributed by atoms with Gasteiger partial charge in [0, 0.05) is 31.6 Å². The largest absolute Gasteiger partial charge is 0.485 e. The monoisotopic (exact) mass is 381 g/mol. The molecule has 0 radical (unpaired) electrons. The molecule has 0 aliphatic heterocycles. The van der Waals surface area contributed by atoms with Crippen LogP contribution in [0.25, 0.3) is 11.0 Å². The molecule has 8 nitrogen and oxygen atoms in total. The van der Waals surface area contributed by atoms with Crippen molar-refractivity contribution in [1.29, 1.82) is 0 Å². The summed E-state index contributed by atoms with van der Waals surface area (Å²) >= 11 is 0. The number of rotatable bonds is 4. The van der Waals surface area contributed by atoms with E-state index in [-0.39, 0.29) is 35.1 Å². The van der Waals surface area contributed by atoms with Crippen molar-refractivity contribution in [3.63, 3.8) is 0 Å². The zero-order valence-corrected chi connectivity index (χ0v) is 14.2. The molecule has 0 aliphatic rings. The summed E-state index contributed by atoms with van der Waals surface area (Å²) in [6.45, 7) is -0.109. The Morgan fingerprint density at radius 1 is 1.19 bits per heavy atom. The number of anilines is 2. The first-order valence-electron chi connectivity index (χ1n) is 7.59. The second-order valence-corrected chi connectivity index (χ2v) is 5.73. The number of aromatic nitrogens is 3. The maximum absolute atomic E-state index is 13.1. The first-order valence-corrected chi connectivity index (χ1v) is 7.59. The average molecular weight is 381 g/mol. The highest BCUT2D eigenvalue weighted by Crippen LogP contribution is 2.34. The molecule has 3 aromatic rings. The third-order valence-corrected chi connectivity index (χ3v) is 3.48. The molecule has 0 unspecified atom stereocenters. The van der Waals surface area contributed by atoms with E-state index >= 15 is 0 Å². The lowest BCUT2D eigenvalue weighted by molar-refractivity contribution is -0.136. The lowest BCUT2D eigenvalue weighted by atomic mass is 10.1. The fourth-order valence-electron chi connectivity index (χ4n) is 2.30. The van der Waals surface area contributed by atoms with Gasteiger partial charge in [-0.3, -0.25) is 0 Å². The van der Waals surface area contributed by atoms with Crippen molar-refractivity contribution < 1.29 is 22.3 Å². The summed E-state index contributed by atoms with van der Waals surface area (Å²) in [5.74, 6) is 0.749. The van der Waals surface area contributed by atoms with E-state index in [1.807, 2.05) is 0 Å². The second-order valence-electron chi connectivity index (χ2n) is 5.73. The number of alkyl halides is 3. The van der Waals surface area contributed by atoms with Gasteiger partial charge in [0.2, 0.25) is 11.9 Å². The number of nitrogens with two attached hydrogens (primary N) is 1. The van der Waals surface area contributed by atoms with Crippen LogP contribution in [0.1, 0.15) is 11.4 Å². The molecule has 142 valence electrons. The van der Waals surface area contributed by atoms with Crippen LogP contribution in [-0.2, 0) is 12.8 Å². The number of hydrogen-bond acceptors (Lipinski definition) is 8. The topological polar surface area (TPSA) is 107 Å². The van der Waals surface area contributed by atoms with Crippen LogP contribution in [-0.4, -0.2) is 29.0 Å². The van der Waals surface area contributed by atoms with Gasteiger partial charge >= 0.3 is 11.8 Å². The van der Waals surface area contributed by atoms with Gasteiger partial charge in [-0.2, -0.15) is 28.1 Å². The maximum Gasteiger partial charge on any atom is 0.417 e. The second kappa shape index (κ2) is 6.74. The van der Waals surface area contributed by atoms with E-state index in [2.05, 4.69) is 15.0 Å². The zero-order valence-electron chi connectivity index (χ0n) is 14.2. The van der Waals surface area contributed by atoms with Gasteiger partial charge in [-0.1, -0.05) is 0 Å². The van der Waals surface area contributed by atoms with Gasteiger partial charge in [0.05, 0.1) is 5.56 Å². The highest BCUT2D eigenvalue weighted by atomic mass is 19.4. The van der Waals surface area contributed by atoms with Crippen LogP contribution in [0.3, 0.4) is 0 Å². The van der Waals surface area contributed by atoms with Crippen molar-refractivity contribution >= 4 is 22.9 Å². The number of nitrogens with zero attached hydrogens (tertiary/aromatic N) is 4. The normalized spacial score (nSPS) is 11.6. The third-order valence-electron chi connectivity index (χ3n) is 3.48. The quantitative estimate of drug-likeness (QED) is 0.686. The van der Waals surface area contributed by atoms with Crippen LogP contribution in [0.15, 0.2) is 33.5 Å². The molecule has 11 heteroatoms. The minimum absolute atomic E-state index is 0.00614. The van der Waals surface area contributed by atoms with E-state index in [1.54, 1.807) is 19.0 Å². The first-order chi connectivity index (χ1) is 12.6. The van der Waals surface area contributed by atoms with Gasteiger partial charge in [0.25, 0.3) is 0 Å². The number of nitrogen functional groups attached to an aromatic ring is 1. The van der Waals surface area contributed by atoms with Crippen molar-refractivity contribution in [3.8, 4) is 5.75 Å². The van der Waals surface area contributed by atoms with Gasteiger partial charge in [-0.05, 0) is 12.1 Å². The molecule has 0 spiro atoms. The van der Waals surface area contributed by atoms with Gasteiger partial charge in [-0.15, -0.1) is 0 Å². The highest BCUT2D eigenvalue weighted by molar-refractivity contribution is 5.82. The molecular weight excluding hydrogens is 367 g/mol. The van der Waals surface area contributed by atoms with E-state index in [1.165, 1.54) is 18.2 Å². The molecule has 0 amide bonds. The standard InChI is InChI=1S/C16H14F3N5O3/c1-24(2)15-22-12(21-14(20)23-15)7-26-8-3-4-9-10(16(17,18)19)6-13(25)27-11(9)5-8/h3-6H,7H2,1-2H3,(H2,20,21,22,23). The number of fused-ring (bicyclic) bond motifs is 1. The number of benzene rings is 1. The minimum atomic E-state index is -4.68. The van der Waals surface area contributed by atoms with Gasteiger partial charge < -0.3 is 19.8 Å². The first kappa shape index (κ1) is 18.4. The Kier molecular flexibility index (Phi) is 4.60. The summed E-state index contributed by atoms with van der Waals surface area (Å²) in [5.41, 5.74) is 3.20. The van der Waals surface area contributed by atoms with Crippen LogP contribution in [0.5, 0.6) is 5.75 Å². The fraction of sp³-hybridized carbons (Fsp3) is 0.250. The van der Waals surface area contributed by atoms with Crippen LogP contribution in [0, 0.1) is 0 Å². The van der Waals surface area contributed by atoms with Crippen molar-refractivity contribution in [2.45, 2.75) is 12.8 Å². The zero-order chi connectivity index (χ0) is 19.8. The van der Waals surface area contributed by atoms with Crippen molar-refractivity contribution in [2.75, 3.05) is 24.7 Å². The van der Waals surface area contributed by atoms with Crippen molar-refractivity contribution in [2.24, 2.45) is 0 Å². The summed E-state index contributed by atoms with van der Waals surface area (Å²) < 4.78 is 49.5. The predicted octanol–water partition coefficient (Wildman–Crippen LogP) is 2.22. The SMILES string of the molecule is CN(C)c1nc(N)nc(COc2ccc3c(C(F)(F)F)cc(=O)oc3c2)n1. The molecule has 3 rings (SSSR count). The maximum atomic E-state index is 13.1. The van der Waals surface area contributed by atoms with Crippen LogP contribution < -0.4 is 21.0 Å². The number of ether oxygens (including phenoxy) is 1. The molecule has 0 atom stereocenters. The van der Waals surface area contributed by atoms with Gasteiger partial charge in [0.1, 0.15) is 17.9 Å². The van der Waals surface area contributed by atoms with Crippen LogP contribution in [0.4, 0.5) is 25.1 Å². The van der Waals surface area contributed by atoms with Crippen LogP contribution >= 0.6 is 0 Å². The summed E-state index contributed by atoms with van der Waals surface area (Å²) in [5, 5.41) is -0.242. The highest BCUT2D eigenvalue weighted by Gasteiger charge is 2.33. The Balaban J connectivity index is 1.90. The fourth-order valence-corrected chi connectivity index (χ4v) is 2.30. The van der Waals surface area contributed by atoms with E-state index in [0.717, 1.165) is 0 Å². The molecule has 0 bridgehead atoms. The lowest BCUT2D eigenvalue weighted by Gasteiger charge is -2.12. The summed E-state index contributed by atoms with van der Waals surface area (Å²) in [7, 11) is 3.45. The van der Waals surface area contributed by atoms with Crippen molar-refractivity contribution in [3.05, 3.63) is 46.1 Å². The third kappa shape index (κ3) is 4.07. The smallest absolute Gasteiger partial charge is 0.417 e. The molecule has 0 saturated carbocycles. The van der Waals surface area contributed by atoms with E-state index in [0.29, 0.717) is 12.0 Å². The molecule has 27 heavy (non-hydrogen) atoms. The molecule has 2 N–H and O–H groups in total. The Labute approximate surface area is 150 Å². The van der Waals surface area contributed by atoms with E-state index < -0.39 is 17.4 Å². The molecule has 2 heterocycles. The molecule has 0 aliphatic carbocycles. The Hall–Kier alpha value is -3.37. The summed E-state index contributed by atoms with van der Waals surface area (Å²) in [6.07, 6.45) is -4.68. The van der Waals surface area contributed by atoms with Crippen molar-refractivity contribution in [1.82, 2.24) is 15.0 Å². The number of hydrogen-bond donors (Lipinski definition) is 1. The predicted molar refractivity (Wildman–Crippen MR) is 90.4 cm³/mol. The molecule has 0 fully saturated rings. The Morgan fingerprint density at radius 2 is 1.93 bits per heavy atom. The number of halogens is 3. The summed E-state index contributed by atoms with van der Waals surface area (Å²) in [6, 6.07) is 4.11. The van der Waals surface area contributed by atoms with Crippen LogP contribution in [0.2, 0.25) is 0 Å². The van der Waals surface area contributed by atoms with Gasteiger partial charge in [-0.25, -0.2) is 4.79 Å². The lowest BCUT2D eigenvalue weighted by Crippen LogP contribution is -2.16. The van der Waals surface area contributed by atoms with E-state index in [9.17, 15) is 18.0 Å². The molecular formula is C16H14F3N5O3.